The van der Waals surface area contributed by atoms with Gasteiger partial charge in [0.05, 0.1) is 30.8 Å². The number of benzene rings is 1. The number of nitrogens with one attached hydrogen (secondary N) is 1. The van der Waals surface area contributed by atoms with Crippen molar-refractivity contribution in [2.24, 2.45) is 0 Å². The Morgan fingerprint density at radius 1 is 1.13 bits per heavy atom. The Balaban J connectivity index is 1.76. The van der Waals surface area contributed by atoms with Gasteiger partial charge in [-0.25, -0.2) is 8.42 Å². The Hall–Kier alpha value is -1.68. The van der Waals surface area contributed by atoms with Crippen LogP contribution in [0.3, 0.4) is 0 Å². The fourth-order valence-electron chi connectivity index (χ4n) is 3.96. The van der Waals surface area contributed by atoms with Gasteiger partial charge in [-0.3, -0.25) is 9.69 Å². The maximum atomic E-state index is 13.0. The molecule has 3 rings (SSSR count). The van der Waals surface area contributed by atoms with Crippen molar-refractivity contribution in [2.45, 2.75) is 43.5 Å². The number of amides is 1. The van der Waals surface area contributed by atoms with Crippen LogP contribution in [-0.2, 0) is 14.8 Å². The van der Waals surface area contributed by atoms with Crippen molar-refractivity contribution in [2.75, 3.05) is 53.0 Å². The third-order valence-corrected chi connectivity index (χ3v) is 7.81. The summed E-state index contributed by atoms with van der Waals surface area (Å²) in [5.74, 6) is 0.0140. The highest BCUT2D eigenvalue weighted by molar-refractivity contribution is 7.89. The quantitative estimate of drug-likeness (QED) is 0.696. The average Bonchev–Trinajstić information content (AvgIpc) is 2.78. The van der Waals surface area contributed by atoms with E-state index < -0.39 is 10.0 Å². The molecule has 2 fully saturated rings. The van der Waals surface area contributed by atoms with Crippen LogP contribution in [-0.4, -0.2) is 82.1 Å². The summed E-state index contributed by atoms with van der Waals surface area (Å²) in [5, 5.41) is 2.98. The van der Waals surface area contributed by atoms with Gasteiger partial charge in [-0.15, -0.1) is 0 Å². The van der Waals surface area contributed by atoms with E-state index >= 15 is 0 Å². The third kappa shape index (κ3) is 5.14. The molecule has 168 valence electrons. The summed E-state index contributed by atoms with van der Waals surface area (Å²) in [6.07, 6.45) is 3.60. The van der Waals surface area contributed by atoms with Gasteiger partial charge in [0, 0.05) is 25.2 Å². The van der Waals surface area contributed by atoms with Crippen molar-refractivity contribution in [1.29, 1.82) is 0 Å². The maximum Gasteiger partial charge on any atom is 0.255 e. The summed E-state index contributed by atoms with van der Waals surface area (Å²) in [7, 11) is -2.22. The van der Waals surface area contributed by atoms with Gasteiger partial charge in [0.15, 0.2) is 0 Å². The highest BCUT2D eigenvalue weighted by Gasteiger charge is 2.30. The highest BCUT2D eigenvalue weighted by atomic mass is 32.2. The minimum atomic E-state index is -3.69. The third-order valence-electron chi connectivity index (χ3n) is 5.92. The number of carbonyl (C=O) groups excluding carboxylic acids is 1. The molecule has 1 amide bonds. The molecule has 0 radical (unpaired) electrons. The smallest absolute Gasteiger partial charge is 0.255 e. The van der Waals surface area contributed by atoms with Gasteiger partial charge in [0.1, 0.15) is 5.75 Å². The first-order valence-corrected chi connectivity index (χ1v) is 12.0. The van der Waals surface area contributed by atoms with Gasteiger partial charge < -0.3 is 14.8 Å². The number of ether oxygens (including phenoxy) is 2. The van der Waals surface area contributed by atoms with Crippen LogP contribution < -0.4 is 10.1 Å². The first-order valence-electron chi connectivity index (χ1n) is 10.5. The standard InChI is InChI=1S/C21H33N3O5S/c1-21(2,23-9-5-4-6-10-23)16-22-20(25)18-15-17(7-8-19(18)28-3)30(26,27)24-11-13-29-14-12-24/h7-8,15H,4-6,9-14,16H2,1-3H3,(H,22,25). The van der Waals surface area contributed by atoms with E-state index in [1.165, 1.54) is 48.9 Å². The van der Waals surface area contributed by atoms with Crippen LogP contribution in [0.4, 0.5) is 0 Å². The molecule has 0 aliphatic carbocycles. The Labute approximate surface area is 179 Å². The summed E-state index contributed by atoms with van der Waals surface area (Å²) in [6.45, 7) is 8.11. The molecule has 0 aromatic heterocycles. The van der Waals surface area contributed by atoms with Crippen molar-refractivity contribution in [1.82, 2.24) is 14.5 Å². The topological polar surface area (TPSA) is 88.2 Å². The van der Waals surface area contributed by atoms with Gasteiger partial charge in [0.2, 0.25) is 10.0 Å². The lowest BCUT2D eigenvalue weighted by Gasteiger charge is -2.41. The molecule has 0 atom stereocenters. The monoisotopic (exact) mass is 439 g/mol. The van der Waals surface area contributed by atoms with E-state index in [9.17, 15) is 13.2 Å². The first kappa shape index (κ1) is 23.0. The molecule has 0 bridgehead atoms. The van der Waals surface area contributed by atoms with E-state index in [-0.39, 0.29) is 21.9 Å². The molecule has 2 aliphatic rings. The number of hydrogen-bond acceptors (Lipinski definition) is 6. The zero-order valence-electron chi connectivity index (χ0n) is 18.1. The number of nitrogens with zero attached hydrogens (tertiary/aromatic N) is 2. The number of methoxy groups -OCH3 is 1. The number of carbonyl (C=O) groups is 1. The number of likely N-dealkylation sites (tertiary alicyclic amines) is 1. The van der Waals surface area contributed by atoms with Gasteiger partial charge in [-0.05, 0) is 58.0 Å². The molecule has 2 heterocycles. The summed E-state index contributed by atoms with van der Waals surface area (Å²) < 4.78 is 37.9. The molecule has 1 aromatic carbocycles. The lowest BCUT2D eigenvalue weighted by atomic mass is 9.98. The number of hydrogen-bond donors (Lipinski definition) is 1. The molecule has 0 spiro atoms. The second-order valence-corrected chi connectivity index (χ2v) is 10.4. The van der Waals surface area contributed by atoms with Crippen LogP contribution in [0.25, 0.3) is 0 Å². The fraction of sp³-hybridized carbons (Fsp3) is 0.667. The summed E-state index contributed by atoms with van der Waals surface area (Å²) in [6, 6.07) is 4.43. The van der Waals surface area contributed by atoms with Crippen LogP contribution in [0.15, 0.2) is 23.1 Å². The van der Waals surface area contributed by atoms with E-state index in [4.69, 9.17) is 9.47 Å². The lowest BCUT2D eigenvalue weighted by Crippen LogP contribution is -2.53. The first-order chi connectivity index (χ1) is 14.3. The fourth-order valence-corrected chi connectivity index (χ4v) is 5.40. The second-order valence-electron chi connectivity index (χ2n) is 8.42. The molecular weight excluding hydrogens is 406 g/mol. The zero-order chi connectivity index (χ0) is 21.8. The van der Waals surface area contributed by atoms with E-state index in [2.05, 4.69) is 24.1 Å². The normalized spacial score (nSPS) is 19.4. The Morgan fingerprint density at radius 3 is 2.43 bits per heavy atom. The van der Waals surface area contributed by atoms with Crippen molar-refractivity contribution >= 4 is 15.9 Å². The molecule has 1 aromatic rings. The molecule has 9 heteroatoms. The lowest BCUT2D eigenvalue weighted by molar-refractivity contribution is 0.0730. The molecule has 0 saturated carbocycles. The van der Waals surface area contributed by atoms with Gasteiger partial charge in [0.25, 0.3) is 5.91 Å². The summed E-state index contributed by atoms with van der Waals surface area (Å²) in [4.78, 5) is 15.5. The minimum absolute atomic E-state index is 0.0886. The average molecular weight is 440 g/mol. The Morgan fingerprint density at radius 2 is 1.80 bits per heavy atom. The van der Waals surface area contributed by atoms with Crippen LogP contribution >= 0.6 is 0 Å². The van der Waals surface area contributed by atoms with Crippen molar-refractivity contribution in [3.05, 3.63) is 23.8 Å². The summed E-state index contributed by atoms with van der Waals surface area (Å²) >= 11 is 0. The second kappa shape index (κ2) is 9.64. The molecular formula is C21H33N3O5S. The van der Waals surface area contributed by atoms with Crippen molar-refractivity contribution < 1.29 is 22.7 Å². The van der Waals surface area contributed by atoms with Gasteiger partial charge in [-0.1, -0.05) is 6.42 Å². The van der Waals surface area contributed by atoms with Crippen LogP contribution in [0.5, 0.6) is 5.75 Å². The number of rotatable bonds is 7. The number of sulfonamides is 1. The molecule has 2 saturated heterocycles. The minimum Gasteiger partial charge on any atom is -0.496 e. The maximum absolute atomic E-state index is 13.0. The van der Waals surface area contributed by atoms with Crippen LogP contribution in [0.2, 0.25) is 0 Å². The largest absolute Gasteiger partial charge is 0.496 e. The Kier molecular flexibility index (Phi) is 7.38. The Bertz CT molecular complexity index is 844. The zero-order valence-corrected chi connectivity index (χ0v) is 19.0. The molecule has 1 N–H and O–H groups in total. The summed E-state index contributed by atoms with van der Waals surface area (Å²) in [5.41, 5.74) is 0.0436. The van der Waals surface area contributed by atoms with Crippen molar-refractivity contribution in [3.63, 3.8) is 0 Å². The van der Waals surface area contributed by atoms with E-state index in [1.807, 2.05) is 0 Å². The highest BCUT2D eigenvalue weighted by Crippen LogP contribution is 2.26. The van der Waals surface area contributed by atoms with E-state index in [0.717, 1.165) is 13.1 Å². The predicted octanol–water partition coefficient (Wildman–Crippen LogP) is 1.71. The molecule has 8 nitrogen and oxygen atoms in total. The number of piperidine rings is 1. The van der Waals surface area contributed by atoms with Gasteiger partial charge >= 0.3 is 0 Å². The number of morpholine rings is 1. The van der Waals surface area contributed by atoms with Crippen molar-refractivity contribution in [3.8, 4) is 5.75 Å². The molecule has 0 unspecified atom stereocenters. The predicted molar refractivity (Wildman–Crippen MR) is 114 cm³/mol. The SMILES string of the molecule is COc1ccc(S(=O)(=O)N2CCOCC2)cc1C(=O)NCC(C)(C)N1CCCCC1. The van der Waals surface area contributed by atoms with E-state index in [0.29, 0.717) is 38.6 Å². The van der Waals surface area contributed by atoms with E-state index in [1.54, 1.807) is 0 Å². The van der Waals surface area contributed by atoms with Crippen LogP contribution in [0.1, 0.15) is 43.5 Å². The molecule has 30 heavy (non-hydrogen) atoms. The molecule has 2 aliphatic heterocycles. The van der Waals surface area contributed by atoms with Crippen LogP contribution in [0, 0.1) is 0 Å². The van der Waals surface area contributed by atoms with Gasteiger partial charge in [-0.2, -0.15) is 4.31 Å².